The number of halogens is 1. The van der Waals surface area contributed by atoms with Gasteiger partial charge >= 0.3 is 0 Å². The van der Waals surface area contributed by atoms with Gasteiger partial charge < -0.3 is 10.6 Å². The van der Waals surface area contributed by atoms with Crippen molar-refractivity contribution in [3.63, 3.8) is 0 Å². The van der Waals surface area contributed by atoms with Gasteiger partial charge in [-0.3, -0.25) is 14.8 Å². The summed E-state index contributed by atoms with van der Waals surface area (Å²) in [5, 5.41) is 6.84. The Balaban J connectivity index is 0. The Bertz CT molecular complexity index is 285. The SMILES string of the molecule is CN=C(NCCN(C(C)C)C(C)C)NCCN(C(C)C)C(C)C.I. The molecule has 0 saturated heterocycles. The van der Waals surface area contributed by atoms with E-state index in [1.807, 2.05) is 7.05 Å². The van der Waals surface area contributed by atoms with E-state index in [1.54, 1.807) is 0 Å². The van der Waals surface area contributed by atoms with Crippen LogP contribution in [0.5, 0.6) is 0 Å². The second-order valence-electron chi connectivity index (χ2n) is 7.28. The summed E-state index contributed by atoms with van der Waals surface area (Å²) in [6, 6.07) is 2.27. The first-order chi connectivity index (χ1) is 10.7. The van der Waals surface area contributed by atoms with E-state index in [4.69, 9.17) is 0 Å². The van der Waals surface area contributed by atoms with Crippen LogP contribution in [0.2, 0.25) is 0 Å². The molecule has 0 spiro atoms. The van der Waals surface area contributed by atoms with E-state index < -0.39 is 0 Å². The number of nitrogens with zero attached hydrogens (tertiary/aromatic N) is 3. The minimum atomic E-state index is 0. The molecule has 146 valence electrons. The lowest BCUT2D eigenvalue weighted by Gasteiger charge is -2.31. The molecule has 24 heavy (non-hydrogen) atoms. The summed E-state index contributed by atoms with van der Waals surface area (Å²) in [6.45, 7) is 21.9. The van der Waals surface area contributed by atoms with Gasteiger partial charge in [0, 0.05) is 57.4 Å². The quantitative estimate of drug-likeness (QED) is 0.302. The molecule has 0 aliphatic rings. The minimum Gasteiger partial charge on any atom is -0.355 e. The third kappa shape index (κ3) is 10.7. The van der Waals surface area contributed by atoms with Crippen LogP contribution in [-0.2, 0) is 0 Å². The van der Waals surface area contributed by atoms with Gasteiger partial charge in [-0.15, -0.1) is 24.0 Å². The average Bonchev–Trinajstić information content (AvgIpc) is 2.43. The lowest BCUT2D eigenvalue weighted by Crippen LogP contribution is -2.47. The molecular formula is C18H42IN5. The standard InChI is InChI=1S/C18H41N5.HI/c1-14(2)22(15(3)4)12-10-20-18(19-9)21-11-13-23(16(5)6)17(7)8;/h14-17H,10-13H2,1-9H3,(H2,19,20,21);1H. The third-order valence-electron chi connectivity index (χ3n) is 4.20. The molecule has 0 aromatic rings. The van der Waals surface area contributed by atoms with Gasteiger partial charge in [0.25, 0.3) is 0 Å². The van der Waals surface area contributed by atoms with Crippen LogP contribution in [0.3, 0.4) is 0 Å². The van der Waals surface area contributed by atoms with Crippen molar-refractivity contribution in [2.75, 3.05) is 33.2 Å². The van der Waals surface area contributed by atoms with E-state index in [1.165, 1.54) is 0 Å². The Labute approximate surface area is 168 Å². The predicted octanol–water partition coefficient (Wildman–Crippen LogP) is 3.01. The van der Waals surface area contributed by atoms with E-state index >= 15 is 0 Å². The minimum absolute atomic E-state index is 0. The van der Waals surface area contributed by atoms with Crippen LogP contribution in [-0.4, -0.2) is 73.2 Å². The summed E-state index contributed by atoms with van der Waals surface area (Å²) in [5.41, 5.74) is 0. The monoisotopic (exact) mass is 455 g/mol. The molecule has 0 amide bonds. The highest BCUT2D eigenvalue weighted by Gasteiger charge is 2.14. The normalized spacial score (nSPS) is 11.6. The van der Waals surface area contributed by atoms with Gasteiger partial charge in [0.15, 0.2) is 5.96 Å². The van der Waals surface area contributed by atoms with Crippen molar-refractivity contribution in [2.24, 2.45) is 4.99 Å². The molecule has 0 aromatic heterocycles. The Morgan fingerprint density at radius 3 is 1.21 bits per heavy atom. The van der Waals surface area contributed by atoms with Crippen molar-refractivity contribution >= 4 is 29.9 Å². The smallest absolute Gasteiger partial charge is 0.191 e. The van der Waals surface area contributed by atoms with Crippen LogP contribution >= 0.6 is 24.0 Å². The van der Waals surface area contributed by atoms with Crippen molar-refractivity contribution in [3.8, 4) is 0 Å². The molecule has 0 aliphatic heterocycles. The molecular weight excluding hydrogens is 413 g/mol. The molecule has 0 rings (SSSR count). The van der Waals surface area contributed by atoms with Gasteiger partial charge in [-0.1, -0.05) is 0 Å². The van der Waals surface area contributed by atoms with Crippen LogP contribution < -0.4 is 10.6 Å². The molecule has 0 atom stereocenters. The summed E-state index contributed by atoms with van der Waals surface area (Å²) in [4.78, 5) is 9.29. The Kier molecular flexibility index (Phi) is 15.4. The van der Waals surface area contributed by atoms with Gasteiger partial charge in [0.05, 0.1) is 0 Å². The van der Waals surface area contributed by atoms with Gasteiger partial charge in [-0.05, 0) is 55.4 Å². The largest absolute Gasteiger partial charge is 0.355 e. The lowest BCUT2D eigenvalue weighted by atomic mass is 10.2. The van der Waals surface area contributed by atoms with Crippen LogP contribution in [0.25, 0.3) is 0 Å². The summed E-state index contributed by atoms with van der Waals surface area (Å²) >= 11 is 0. The maximum Gasteiger partial charge on any atom is 0.191 e. The maximum atomic E-state index is 4.32. The molecule has 0 bridgehead atoms. The highest BCUT2D eigenvalue weighted by Crippen LogP contribution is 2.04. The second-order valence-corrected chi connectivity index (χ2v) is 7.28. The third-order valence-corrected chi connectivity index (χ3v) is 4.20. The highest BCUT2D eigenvalue weighted by atomic mass is 127. The first kappa shape index (κ1) is 26.2. The molecule has 0 unspecified atom stereocenters. The summed E-state index contributed by atoms with van der Waals surface area (Å²) in [5.74, 6) is 0.893. The first-order valence-corrected chi connectivity index (χ1v) is 9.16. The Hall–Kier alpha value is -0.0800. The highest BCUT2D eigenvalue weighted by molar-refractivity contribution is 14.0. The molecule has 2 N–H and O–H groups in total. The number of guanidine groups is 1. The van der Waals surface area contributed by atoms with E-state index in [0.29, 0.717) is 24.2 Å². The van der Waals surface area contributed by atoms with Crippen molar-refractivity contribution in [1.29, 1.82) is 0 Å². The van der Waals surface area contributed by atoms with Crippen molar-refractivity contribution < 1.29 is 0 Å². The van der Waals surface area contributed by atoms with Crippen LogP contribution in [0.1, 0.15) is 55.4 Å². The zero-order chi connectivity index (χ0) is 18.0. The molecule has 0 fully saturated rings. The van der Waals surface area contributed by atoms with E-state index in [0.717, 1.165) is 32.1 Å². The molecule has 0 aliphatic carbocycles. The maximum absolute atomic E-state index is 4.32. The number of hydrogen-bond acceptors (Lipinski definition) is 3. The van der Waals surface area contributed by atoms with Crippen molar-refractivity contribution in [3.05, 3.63) is 0 Å². The molecule has 0 radical (unpaired) electrons. The average molecular weight is 455 g/mol. The topological polar surface area (TPSA) is 42.9 Å². The molecule has 6 heteroatoms. The Morgan fingerprint density at radius 1 is 0.708 bits per heavy atom. The van der Waals surface area contributed by atoms with Crippen LogP contribution in [0.15, 0.2) is 4.99 Å². The van der Waals surface area contributed by atoms with Crippen LogP contribution in [0.4, 0.5) is 0 Å². The first-order valence-electron chi connectivity index (χ1n) is 9.16. The number of hydrogen-bond donors (Lipinski definition) is 2. The summed E-state index contributed by atoms with van der Waals surface area (Å²) < 4.78 is 0. The molecule has 0 heterocycles. The summed E-state index contributed by atoms with van der Waals surface area (Å²) in [7, 11) is 1.83. The molecule has 0 aromatic carbocycles. The van der Waals surface area contributed by atoms with E-state index in [-0.39, 0.29) is 24.0 Å². The molecule has 0 saturated carbocycles. The number of rotatable bonds is 10. The van der Waals surface area contributed by atoms with Crippen molar-refractivity contribution in [2.45, 2.75) is 79.6 Å². The fourth-order valence-electron chi connectivity index (χ4n) is 3.05. The number of nitrogens with one attached hydrogen (secondary N) is 2. The van der Waals surface area contributed by atoms with Gasteiger partial charge in [0.2, 0.25) is 0 Å². The zero-order valence-electron chi connectivity index (χ0n) is 17.4. The van der Waals surface area contributed by atoms with E-state index in [9.17, 15) is 0 Å². The fraction of sp³-hybridized carbons (Fsp3) is 0.944. The van der Waals surface area contributed by atoms with Gasteiger partial charge in [-0.25, -0.2) is 0 Å². The Morgan fingerprint density at radius 2 is 1.00 bits per heavy atom. The van der Waals surface area contributed by atoms with Crippen molar-refractivity contribution in [1.82, 2.24) is 20.4 Å². The van der Waals surface area contributed by atoms with E-state index in [2.05, 4.69) is 80.8 Å². The lowest BCUT2D eigenvalue weighted by molar-refractivity contribution is 0.176. The van der Waals surface area contributed by atoms with Crippen LogP contribution in [0, 0.1) is 0 Å². The van der Waals surface area contributed by atoms with Gasteiger partial charge in [-0.2, -0.15) is 0 Å². The van der Waals surface area contributed by atoms with Gasteiger partial charge in [0.1, 0.15) is 0 Å². The predicted molar refractivity (Wildman–Crippen MR) is 119 cm³/mol. The number of aliphatic imine (C=N–C) groups is 1. The summed E-state index contributed by atoms with van der Waals surface area (Å²) in [6.07, 6.45) is 0. The molecule has 5 nitrogen and oxygen atoms in total. The second kappa shape index (κ2) is 14.1. The zero-order valence-corrected chi connectivity index (χ0v) is 19.7. The fourth-order valence-corrected chi connectivity index (χ4v) is 3.05.